The molecule has 0 radical (unpaired) electrons. The number of rotatable bonds is 11. The van der Waals surface area contributed by atoms with Crippen LogP contribution in [0.3, 0.4) is 0 Å². The predicted molar refractivity (Wildman–Crippen MR) is 217 cm³/mol. The van der Waals surface area contributed by atoms with Gasteiger partial charge in [0, 0.05) is 65.3 Å². The van der Waals surface area contributed by atoms with E-state index in [1.54, 1.807) is 6.07 Å². The number of halogens is 2. The molecule has 0 saturated heterocycles. The maximum absolute atomic E-state index is 15.2. The zero-order valence-electron chi connectivity index (χ0n) is 32.0. The number of ether oxygens (including phenoxy) is 1. The maximum Gasteiger partial charge on any atom is 0.352 e. The minimum Gasteiger partial charge on any atom is -0.494 e. The molecule has 7 rings (SSSR count). The molecule has 4 heterocycles. The number of fused-ring (bicyclic) bond motifs is 4. The minimum absolute atomic E-state index is 0.143. The van der Waals surface area contributed by atoms with E-state index in [-0.39, 0.29) is 17.6 Å². The van der Waals surface area contributed by atoms with Gasteiger partial charge in [-0.1, -0.05) is 41.4 Å². The molecule has 6 aromatic rings. The fourth-order valence-electron chi connectivity index (χ4n) is 8.17. The number of aryl methyl sites for hydroxylation is 5. The number of para-hydroxylation sites is 1. The second-order valence-corrected chi connectivity index (χ2v) is 15.6. The molecule has 0 unspecified atom stereocenters. The van der Waals surface area contributed by atoms with Gasteiger partial charge in [-0.2, -0.15) is 5.10 Å². The number of amides is 1. The van der Waals surface area contributed by atoms with E-state index in [4.69, 9.17) is 33.0 Å². The summed E-state index contributed by atoms with van der Waals surface area (Å²) < 4.78 is 12.1. The molecule has 0 bridgehead atoms. The Hall–Kier alpha value is -4.77. The molecule has 1 atom stereocenters. The largest absolute Gasteiger partial charge is 0.494 e. The number of carboxylic acid groups (broad SMARTS) is 1. The Bertz CT molecular complexity index is 2450. The molecule has 1 aliphatic heterocycles. The number of carbonyl (C=O) groups is 2. The predicted octanol–water partition coefficient (Wildman–Crippen LogP) is 9.03. The molecule has 0 saturated carbocycles. The van der Waals surface area contributed by atoms with Crippen molar-refractivity contribution in [3.8, 4) is 16.9 Å². The molecule has 0 aliphatic carbocycles. The SMILES string of the molecule is Cc1cc(OCCCc2c3n(c4c(-c5c(C)nn(C)c5C)c(Cl)ccc24)[C@H](C)CN(c2cccc4cc(C(=O)O)n(CCN(C)C)c24)C3=O)cc(C)c1Cl. The van der Waals surface area contributed by atoms with Crippen molar-refractivity contribution < 1.29 is 19.4 Å². The fourth-order valence-corrected chi connectivity index (χ4v) is 8.53. The molecule has 0 spiro atoms. The van der Waals surface area contributed by atoms with Crippen LogP contribution in [0.25, 0.3) is 32.9 Å². The Balaban J connectivity index is 1.39. The number of hydrogen-bond acceptors (Lipinski definition) is 5. The van der Waals surface area contributed by atoms with E-state index in [2.05, 4.69) is 11.5 Å². The van der Waals surface area contributed by atoms with Crippen LogP contribution in [0.4, 0.5) is 5.69 Å². The summed E-state index contributed by atoms with van der Waals surface area (Å²) in [6, 6.07) is 15.1. The molecule has 3 aromatic carbocycles. The van der Waals surface area contributed by atoms with Gasteiger partial charge in [0.2, 0.25) is 0 Å². The Labute approximate surface area is 325 Å². The van der Waals surface area contributed by atoms with Crippen LogP contribution < -0.4 is 9.64 Å². The molecule has 1 amide bonds. The third kappa shape index (κ3) is 6.33. The van der Waals surface area contributed by atoms with E-state index in [9.17, 15) is 9.90 Å². The average molecular weight is 770 g/mol. The van der Waals surface area contributed by atoms with Crippen molar-refractivity contribution in [2.24, 2.45) is 7.05 Å². The van der Waals surface area contributed by atoms with Gasteiger partial charge >= 0.3 is 5.97 Å². The number of carboxylic acids is 1. The first-order chi connectivity index (χ1) is 25.7. The Morgan fingerprint density at radius 1 is 1.02 bits per heavy atom. The first kappa shape index (κ1) is 37.5. The average Bonchev–Trinajstić information content (AvgIpc) is 3.75. The van der Waals surface area contributed by atoms with E-state index in [0.717, 1.165) is 71.8 Å². The molecule has 282 valence electrons. The highest BCUT2D eigenvalue weighted by Gasteiger charge is 2.38. The number of carbonyl (C=O) groups excluding carboxylic acids is 1. The Kier molecular flexibility index (Phi) is 10.1. The molecule has 1 aliphatic rings. The quantitative estimate of drug-likeness (QED) is 0.132. The van der Waals surface area contributed by atoms with Gasteiger partial charge in [-0.15, -0.1) is 0 Å². The highest BCUT2D eigenvalue weighted by atomic mass is 35.5. The van der Waals surface area contributed by atoms with E-state index in [0.29, 0.717) is 55.5 Å². The van der Waals surface area contributed by atoms with Gasteiger partial charge in [0.1, 0.15) is 17.1 Å². The van der Waals surface area contributed by atoms with Crippen molar-refractivity contribution in [2.75, 3.05) is 38.7 Å². The lowest BCUT2D eigenvalue weighted by atomic mass is 9.98. The van der Waals surface area contributed by atoms with Crippen molar-refractivity contribution in [3.63, 3.8) is 0 Å². The van der Waals surface area contributed by atoms with Crippen LogP contribution in [0, 0.1) is 27.7 Å². The lowest BCUT2D eigenvalue weighted by molar-refractivity contribution is 0.0685. The number of anilines is 1. The highest BCUT2D eigenvalue weighted by molar-refractivity contribution is 6.35. The zero-order valence-corrected chi connectivity index (χ0v) is 33.6. The molecular formula is C42H46Cl2N6O4. The first-order valence-corrected chi connectivity index (χ1v) is 19.0. The summed E-state index contributed by atoms with van der Waals surface area (Å²) in [5.41, 5.74) is 9.65. The Morgan fingerprint density at radius 3 is 2.39 bits per heavy atom. The number of benzene rings is 3. The molecule has 54 heavy (non-hydrogen) atoms. The molecule has 1 N–H and O–H groups in total. The van der Waals surface area contributed by atoms with Crippen LogP contribution in [0.1, 0.15) is 68.4 Å². The van der Waals surface area contributed by atoms with Crippen LogP contribution in [0.2, 0.25) is 10.0 Å². The zero-order chi connectivity index (χ0) is 38.7. The number of nitrogens with zero attached hydrogens (tertiary/aromatic N) is 6. The topological polar surface area (TPSA) is 97.8 Å². The number of aromatic nitrogens is 4. The number of aromatic carboxylic acids is 1. The molecule has 3 aromatic heterocycles. The van der Waals surface area contributed by atoms with Gasteiger partial charge in [-0.3, -0.25) is 9.48 Å². The van der Waals surface area contributed by atoms with Crippen LogP contribution in [0.15, 0.2) is 48.5 Å². The van der Waals surface area contributed by atoms with Crippen molar-refractivity contribution in [3.05, 3.63) is 98.0 Å². The molecule has 10 nitrogen and oxygen atoms in total. The van der Waals surface area contributed by atoms with Crippen LogP contribution >= 0.6 is 23.2 Å². The van der Waals surface area contributed by atoms with Crippen LogP contribution in [0.5, 0.6) is 5.75 Å². The van der Waals surface area contributed by atoms with Gasteiger partial charge in [-0.05, 0) is 109 Å². The number of hydrogen-bond donors (Lipinski definition) is 1. The lowest BCUT2D eigenvalue weighted by Crippen LogP contribution is -2.43. The normalized spacial score (nSPS) is 14.5. The van der Waals surface area contributed by atoms with Crippen molar-refractivity contribution in [1.29, 1.82) is 0 Å². The van der Waals surface area contributed by atoms with E-state index in [1.807, 2.05) is 110 Å². The summed E-state index contributed by atoms with van der Waals surface area (Å²) >= 11 is 13.5. The fraction of sp³-hybridized carbons (Fsp3) is 0.357. The van der Waals surface area contributed by atoms with Crippen molar-refractivity contribution in [1.82, 2.24) is 23.8 Å². The minimum atomic E-state index is -1.01. The number of likely N-dealkylation sites (N-methyl/N-ethyl adjacent to an activating group) is 1. The molecular weight excluding hydrogens is 723 g/mol. The van der Waals surface area contributed by atoms with Gasteiger partial charge in [0.25, 0.3) is 5.91 Å². The van der Waals surface area contributed by atoms with E-state index in [1.165, 1.54) is 0 Å². The van der Waals surface area contributed by atoms with Gasteiger partial charge < -0.3 is 28.8 Å². The third-order valence-electron chi connectivity index (χ3n) is 10.7. The van der Waals surface area contributed by atoms with Gasteiger partial charge in [0.05, 0.1) is 34.0 Å². The summed E-state index contributed by atoms with van der Waals surface area (Å²) in [7, 11) is 5.85. The van der Waals surface area contributed by atoms with Crippen LogP contribution in [-0.2, 0) is 20.0 Å². The summed E-state index contributed by atoms with van der Waals surface area (Å²) in [6.07, 6.45) is 1.23. The van der Waals surface area contributed by atoms with E-state index >= 15 is 4.79 Å². The second kappa shape index (κ2) is 14.5. The van der Waals surface area contributed by atoms with Crippen molar-refractivity contribution >= 4 is 62.6 Å². The summed E-state index contributed by atoms with van der Waals surface area (Å²) in [5, 5.41) is 18.0. The third-order valence-corrected chi connectivity index (χ3v) is 11.7. The maximum atomic E-state index is 15.2. The highest BCUT2D eigenvalue weighted by Crippen LogP contribution is 2.45. The standard InChI is InChI=1S/C42H46Cl2N6O4/c1-23-19-29(20-24(2)37(23)44)54-18-10-12-30-31-14-15-32(43)36(35-26(4)45-47(8)27(35)5)39(31)50-25(3)22-49(41(51)40(30)50)33-13-9-11-28-21-34(42(52)53)48(38(28)33)17-16-46(6)7/h9,11,13-15,19-21,25H,10,12,16-18,22H2,1-8H3,(H,52,53)/t25-/m1/s1. The van der Waals surface area contributed by atoms with Gasteiger partial charge in [0.15, 0.2) is 0 Å². The molecule has 12 heteroatoms. The second-order valence-electron chi connectivity index (χ2n) is 14.8. The van der Waals surface area contributed by atoms with E-state index < -0.39 is 5.97 Å². The summed E-state index contributed by atoms with van der Waals surface area (Å²) in [4.78, 5) is 31.6. The first-order valence-electron chi connectivity index (χ1n) is 18.3. The van der Waals surface area contributed by atoms with Crippen LogP contribution in [-0.4, -0.2) is 74.6 Å². The molecule has 0 fully saturated rings. The Morgan fingerprint density at radius 2 is 1.74 bits per heavy atom. The lowest BCUT2D eigenvalue weighted by Gasteiger charge is -2.35. The summed E-state index contributed by atoms with van der Waals surface area (Å²) in [6.45, 7) is 12.0. The summed E-state index contributed by atoms with van der Waals surface area (Å²) in [5.74, 6) is -0.388. The van der Waals surface area contributed by atoms with Crippen molar-refractivity contribution in [2.45, 2.75) is 60.0 Å². The smallest absolute Gasteiger partial charge is 0.352 e. The monoisotopic (exact) mass is 768 g/mol. The van der Waals surface area contributed by atoms with Gasteiger partial charge in [-0.25, -0.2) is 4.79 Å².